The monoisotopic (exact) mass is 380 g/mol. The van der Waals surface area contributed by atoms with Gasteiger partial charge in [0.05, 0.1) is 11.7 Å². The second-order valence-electron chi connectivity index (χ2n) is 6.86. The summed E-state index contributed by atoms with van der Waals surface area (Å²) < 4.78 is 18.6. The van der Waals surface area contributed by atoms with Crippen molar-refractivity contribution in [2.24, 2.45) is 5.92 Å². The smallest absolute Gasteiger partial charge is 0.269 e. The molecule has 0 bridgehead atoms. The number of aromatic nitrogens is 3. The molecule has 1 amide bonds. The summed E-state index contributed by atoms with van der Waals surface area (Å²) in [4.78, 5) is 17.1. The molecule has 3 aromatic rings. The summed E-state index contributed by atoms with van der Waals surface area (Å²) in [6.07, 6.45) is 5.26. The Morgan fingerprint density at radius 1 is 1.21 bits per heavy atom. The summed E-state index contributed by atoms with van der Waals surface area (Å²) in [5, 5.41) is 10.1. The molecule has 28 heavy (non-hydrogen) atoms. The number of ether oxygens (including phenoxy) is 1. The Kier molecular flexibility index (Phi) is 5.43. The molecule has 4 rings (SSSR count). The molecule has 0 saturated carbocycles. The number of hydrogen-bond acceptors (Lipinski definition) is 4. The molecule has 1 aliphatic rings. The Bertz CT molecular complexity index is 921. The van der Waals surface area contributed by atoms with Gasteiger partial charge in [0.15, 0.2) is 0 Å². The van der Waals surface area contributed by atoms with Crippen LogP contribution >= 0.6 is 0 Å². The molecule has 1 aromatic carbocycles. The third kappa shape index (κ3) is 4.09. The normalized spacial score (nSPS) is 15.9. The van der Waals surface area contributed by atoms with Crippen molar-refractivity contribution >= 4 is 5.91 Å². The fourth-order valence-corrected chi connectivity index (χ4v) is 3.51. The Balaban J connectivity index is 1.53. The van der Waals surface area contributed by atoms with Gasteiger partial charge < -0.3 is 10.1 Å². The van der Waals surface area contributed by atoms with Crippen LogP contribution in [0.4, 0.5) is 4.39 Å². The van der Waals surface area contributed by atoms with E-state index in [0.717, 1.165) is 24.0 Å². The van der Waals surface area contributed by atoms with Crippen molar-refractivity contribution in [3.8, 4) is 11.3 Å². The molecule has 3 heterocycles. The first kappa shape index (κ1) is 18.3. The van der Waals surface area contributed by atoms with E-state index in [1.807, 2.05) is 12.1 Å². The number of carbonyl (C=O) groups excluding carboxylic acids is 1. The van der Waals surface area contributed by atoms with Crippen molar-refractivity contribution in [3.05, 3.63) is 71.9 Å². The molecule has 144 valence electrons. The number of pyridine rings is 1. The van der Waals surface area contributed by atoms with E-state index in [2.05, 4.69) is 20.5 Å². The second kappa shape index (κ2) is 8.31. The predicted octanol–water partition coefficient (Wildman–Crippen LogP) is 3.51. The minimum atomic E-state index is -0.312. The third-order valence-corrected chi connectivity index (χ3v) is 5.03. The molecule has 7 heteroatoms. The van der Waals surface area contributed by atoms with Crippen LogP contribution in [-0.2, 0) is 4.74 Å². The minimum Gasteiger partial charge on any atom is -0.381 e. The fourth-order valence-electron chi connectivity index (χ4n) is 3.51. The maximum absolute atomic E-state index is 13.1. The van der Waals surface area contributed by atoms with Gasteiger partial charge in [0, 0.05) is 31.2 Å². The molecule has 2 N–H and O–H groups in total. The summed E-state index contributed by atoms with van der Waals surface area (Å²) in [5.74, 6) is -0.268. The van der Waals surface area contributed by atoms with Gasteiger partial charge in [-0.1, -0.05) is 6.07 Å². The van der Waals surface area contributed by atoms with Gasteiger partial charge in [-0.2, -0.15) is 5.10 Å². The van der Waals surface area contributed by atoms with Crippen LogP contribution in [0.2, 0.25) is 0 Å². The molecule has 1 aliphatic heterocycles. The molecule has 1 fully saturated rings. The number of aromatic amines is 1. The molecular formula is C21H21FN4O2. The van der Waals surface area contributed by atoms with Crippen molar-refractivity contribution in [2.45, 2.75) is 18.9 Å². The number of H-pyrrole nitrogens is 1. The zero-order chi connectivity index (χ0) is 19.3. The van der Waals surface area contributed by atoms with Crippen molar-refractivity contribution < 1.29 is 13.9 Å². The van der Waals surface area contributed by atoms with Crippen LogP contribution in [0.15, 0.2) is 54.9 Å². The van der Waals surface area contributed by atoms with Gasteiger partial charge in [-0.3, -0.25) is 14.9 Å². The van der Waals surface area contributed by atoms with Gasteiger partial charge in [0.1, 0.15) is 11.5 Å². The van der Waals surface area contributed by atoms with Crippen LogP contribution in [0.1, 0.15) is 34.9 Å². The molecular weight excluding hydrogens is 359 g/mol. The van der Waals surface area contributed by atoms with Crippen molar-refractivity contribution in [2.75, 3.05) is 13.2 Å². The highest BCUT2D eigenvalue weighted by atomic mass is 19.1. The number of amides is 1. The topological polar surface area (TPSA) is 79.9 Å². The summed E-state index contributed by atoms with van der Waals surface area (Å²) in [5.41, 5.74) is 2.67. The number of benzene rings is 1. The highest BCUT2D eigenvalue weighted by molar-refractivity contribution is 5.93. The molecule has 1 atom stereocenters. The predicted molar refractivity (Wildman–Crippen MR) is 102 cm³/mol. The standard InChI is InChI=1S/C21H21FN4O2/c22-17-5-3-14(4-6-17)18-12-19(26-25-18)21(27)24-20(15-7-10-28-11-8-15)16-2-1-9-23-13-16/h1-6,9,12-13,15,20H,7-8,10-11H2,(H,24,27)(H,25,26)/t20-/m1/s1. The number of hydrogen-bond donors (Lipinski definition) is 2. The number of carbonyl (C=O) groups is 1. The van der Waals surface area contributed by atoms with Gasteiger partial charge in [-0.25, -0.2) is 4.39 Å². The Morgan fingerprint density at radius 2 is 2.00 bits per heavy atom. The van der Waals surface area contributed by atoms with E-state index in [1.165, 1.54) is 12.1 Å². The molecule has 0 spiro atoms. The number of nitrogens with zero attached hydrogens (tertiary/aromatic N) is 2. The molecule has 0 unspecified atom stereocenters. The number of rotatable bonds is 5. The molecule has 0 radical (unpaired) electrons. The maximum Gasteiger partial charge on any atom is 0.269 e. The number of nitrogens with one attached hydrogen (secondary N) is 2. The van der Waals surface area contributed by atoms with Crippen LogP contribution < -0.4 is 5.32 Å². The van der Waals surface area contributed by atoms with Crippen LogP contribution in [0.25, 0.3) is 11.3 Å². The van der Waals surface area contributed by atoms with Crippen molar-refractivity contribution in [3.63, 3.8) is 0 Å². The minimum absolute atomic E-state index is 0.150. The van der Waals surface area contributed by atoms with E-state index in [-0.39, 0.29) is 23.7 Å². The van der Waals surface area contributed by atoms with E-state index in [1.54, 1.807) is 30.6 Å². The Labute approximate surface area is 162 Å². The Morgan fingerprint density at radius 3 is 2.71 bits per heavy atom. The van der Waals surface area contributed by atoms with Crippen molar-refractivity contribution in [1.82, 2.24) is 20.5 Å². The molecule has 0 aliphatic carbocycles. The van der Waals surface area contributed by atoms with Gasteiger partial charge >= 0.3 is 0 Å². The lowest BCUT2D eigenvalue weighted by molar-refractivity contribution is 0.0513. The first-order valence-corrected chi connectivity index (χ1v) is 9.30. The van der Waals surface area contributed by atoms with Crippen LogP contribution in [0.3, 0.4) is 0 Å². The molecule has 2 aromatic heterocycles. The second-order valence-corrected chi connectivity index (χ2v) is 6.86. The van der Waals surface area contributed by atoms with Crippen LogP contribution in [-0.4, -0.2) is 34.3 Å². The summed E-state index contributed by atoms with van der Waals surface area (Å²) >= 11 is 0. The zero-order valence-corrected chi connectivity index (χ0v) is 15.3. The molecule has 1 saturated heterocycles. The van der Waals surface area contributed by atoms with E-state index in [0.29, 0.717) is 24.6 Å². The average molecular weight is 380 g/mol. The molecule has 6 nitrogen and oxygen atoms in total. The lowest BCUT2D eigenvalue weighted by Gasteiger charge is -2.31. The number of halogens is 1. The third-order valence-electron chi connectivity index (χ3n) is 5.03. The van der Waals surface area contributed by atoms with E-state index in [4.69, 9.17) is 4.74 Å². The largest absolute Gasteiger partial charge is 0.381 e. The van der Waals surface area contributed by atoms with E-state index in [9.17, 15) is 9.18 Å². The van der Waals surface area contributed by atoms with Crippen LogP contribution in [0.5, 0.6) is 0 Å². The van der Waals surface area contributed by atoms with Gasteiger partial charge in [0.25, 0.3) is 5.91 Å². The quantitative estimate of drug-likeness (QED) is 0.710. The van der Waals surface area contributed by atoms with E-state index >= 15 is 0 Å². The van der Waals surface area contributed by atoms with Gasteiger partial charge in [-0.15, -0.1) is 0 Å². The average Bonchev–Trinajstić information content (AvgIpc) is 3.24. The summed E-state index contributed by atoms with van der Waals surface area (Å²) in [7, 11) is 0. The highest BCUT2D eigenvalue weighted by Crippen LogP contribution is 2.30. The maximum atomic E-state index is 13.1. The van der Waals surface area contributed by atoms with Gasteiger partial charge in [-0.05, 0) is 60.7 Å². The first-order chi connectivity index (χ1) is 13.7. The lowest BCUT2D eigenvalue weighted by Crippen LogP contribution is -2.36. The summed E-state index contributed by atoms with van der Waals surface area (Å²) in [6.45, 7) is 1.38. The summed E-state index contributed by atoms with van der Waals surface area (Å²) in [6, 6.07) is 11.4. The SMILES string of the molecule is O=C(N[C@@H](c1cccnc1)C1CCOCC1)c1cc(-c2ccc(F)cc2)n[nH]1. The van der Waals surface area contributed by atoms with Crippen LogP contribution in [0, 0.1) is 11.7 Å². The van der Waals surface area contributed by atoms with Gasteiger partial charge in [0.2, 0.25) is 0 Å². The first-order valence-electron chi connectivity index (χ1n) is 9.30. The Hall–Kier alpha value is -3.06. The fraction of sp³-hybridized carbons (Fsp3) is 0.286. The van der Waals surface area contributed by atoms with Crippen molar-refractivity contribution in [1.29, 1.82) is 0 Å². The zero-order valence-electron chi connectivity index (χ0n) is 15.3. The van der Waals surface area contributed by atoms with E-state index < -0.39 is 0 Å². The lowest BCUT2D eigenvalue weighted by atomic mass is 9.87. The highest BCUT2D eigenvalue weighted by Gasteiger charge is 2.28.